The van der Waals surface area contributed by atoms with Crippen LogP contribution in [-0.2, 0) is 24.0 Å². The molecular formula is C17H29NO5S. The van der Waals surface area contributed by atoms with Crippen molar-refractivity contribution in [1.82, 2.24) is 4.31 Å². The molecule has 0 radical (unpaired) electrons. The minimum absolute atomic E-state index is 0.0944. The van der Waals surface area contributed by atoms with Gasteiger partial charge in [-0.1, -0.05) is 13.3 Å². The van der Waals surface area contributed by atoms with Crippen LogP contribution in [0.1, 0.15) is 59.8 Å². The van der Waals surface area contributed by atoms with Crippen LogP contribution in [0.4, 0.5) is 0 Å². The molecule has 3 fully saturated rings. The smallest absolute Gasteiger partial charge is 0.339 e. The first kappa shape index (κ1) is 18.1. The van der Waals surface area contributed by atoms with Crippen LogP contribution in [-0.4, -0.2) is 43.0 Å². The van der Waals surface area contributed by atoms with E-state index < -0.39 is 15.9 Å². The molecule has 138 valence electrons. The van der Waals surface area contributed by atoms with Gasteiger partial charge in [0.25, 0.3) is 0 Å². The molecule has 0 aromatic carbocycles. The third-order valence-corrected chi connectivity index (χ3v) is 7.04. The molecule has 2 saturated heterocycles. The lowest BCUT2D eigenvalue weighted by Crippen LogP contribution is -2.49. The SMILES string of the molecule is CC1CCN2[C@@H]3[C@@H](CCC[C@@H]3OS2(=O)=O)CC1C(=O)OC(C)(C)C. The fourth-order valence-corrected chi connectivity index (χ4v) is 6.00. The van der Waals surface area contributed by atoms with Crippen LogP contribution >= 0.6 is 0 Å². The van der Waals surface area contributed by atoms with Crippen molar-refractivity contribution in [2.45, 2.75) is 77.5 Å². The van der Waals surface area contributed by atoms with Crippen LogP contribution in [0.3, 0.4) is 0 Å². The van der Waals surface area contributed by atoms with Crippen LogP contribution in [0.15, 0.2) is 0 Å². The molecule has 7 heteroatoms. The Morgan fingerprint density at radius 3 is 2.58 bits per heavy atom. The Morgan fingerprint density at radius 1 is 1.21 bits per heavy atom. The van der Waals surface area contributed by atoms with E-state index in [0.29, 0.717) is 19.4 Å². The average molecular weight is 359 g/mol. The lowest BCUT2D eigenvalue weighted by Gasteiger charge is -2.40. The van der Waals surface area contributed by atoms with Gasteiger partial charge in [-0.15, -0.1) is 0 Å². The van der Waals surface area contributed by atoms with Crippen molar-refractivity contribution in [2.24, 2.45) is 17.8 Å². The second-order valence-corrected chi connectivity index (χ2v) is 10.0. The Balaban J connectivity index is 1.84. The van der Waals surface area contributed by atoms with Crippen molar-refractivity contribution in [3.8, 4) is 0 Å². The van der Waals surface area contributed by atoms with Crippen LogP contribution in [0.2, 0.25) is 0 Å². The number of hydrogen-bond donors (Lipinski definition) is 0. The first-order valence-electron chi connectivity index (χ1n) is 9.01. The molecule has 0 aromatic rings. The topological polar surface area (TPSA) is 72.9 Å². The highest BCUT2D eigenvalue weighted by molar-refractivity contribution is 7.84. The summed E-state index contributed by atoms with van der Waals surface area (Å²) in [6.45, 7) is 8.11. The summed E-state index contributed by atoms with van der Waals surface area (Å²) in [6.07, 6.45) is 3.77. The molecule has 2 aliphatic heterocycles. The number of hydrogen-bond acceptors (Lipinski definition) is 5. The summed E-state index contributed by atoms with van der Waals surface area (Å²) in [4.78, 5) is 12.7. The molecule has 3 aliphatic rings. The maximum absolute atomic E-state index is 12.7. The van der Waals surface area contributed by atoms with E-state index >= 15 is 0 Å². The quantitative estimate of drug-likeness (QED) is 0.673. The highest BCUT2D eigenvalue weighted by Gasteiger charge is 2.53. The maximum Gasteiger partial charge on any atom is 0.339 e. The van der Waals surface area contributed by atoms with Crippen LogP contribution in [0.5, 0.6) is 0 Å². The van der Waals surface area contributed by atoms with Gasteiger partial charge in [-0.25, -0.2) is 0 Å². The number of carbonyl (C=O) groups excluding carboxylic acids is 1. The zero-order chi connectivity index (χ0) is 17.7. The fourth-order valence-electron chi connectivity index (χ4n) is 4.43. The number of ether oxygens (including phenoxy) is 1. The summed E-state index contributed by atoms with van der Waals surface area (Å²) < 4.78 is 37.2. The summed E-state index contributed by atoms with van der Waals surface area (Å²) in [5, 5.41) is 0. The third kappa shape index (κ3) is 3.48. The van der Waals surface area contributed by atoms with Crippen molar-refractivity contribution >= 4 is 16.3 Å². The second kappa shape index (κ2) is 6.25. The molecule has 0 amide bonds. The number of nitrogens with zero attached hydrogens (tertiary/aromatic N) is 1. The van der Waals surface area contributed by atoms with Crippen molar-refractivity contribution in [1.29, 1.82) is 0 Å². The van der Waals surface area contributed by atoms with E-state index in [-0.39, 0.29) is 35.9 Å². The minimum Gasteiger partial charge on any atom is -0.460 e. The molecule has 2 unspecified atom stereocenters. The largest absolute Gasteiger partial charge is 0.460 e. The minimum atomic E-state index is -3.61. The zero-order valence-electron chi connectivity index (χ0n) is 15.0. The highest BCUT2D eigenvalue weighted by atomic mass is 32.2. The number of rotatable bonds is 1. The van der Waals surface area contributed by atoms with Gasteiger partial charge in [0.1, 0.15) is 5.60 Å². The van der Waals surface area contributed by atoms with Gasteiger partial charge in [-0.3, -0.25) is 8.98 Å². The molecule has 1 aliphatic carbocycles. The van der Waals surface area contributed by atoms with E-state index in [1.54, 1.807) is 4.31 Å². The normalized spacial score (nSPS) is 39.6. The monoisotopic (exact) mass is 359 g/mol. The lowest BCUT2D eigenvalue weighted by molar-refractivity contribution is -0.163. The Hall–Kier alpha value is -0.660. The van der Waals surface area contributed by atoms with E-state index in [4.69, 9.17) is 8.92 Å². The van der Waals surface area contributed by atoms with E-state index in [1.807, 2.05) is 27.7 Å². The van der Waals surface area contributed by atoms with Crippen molar-refractivity contribution < 1.29 is 22.1 Å². The summed E-state index contributed by atoms with van der Waals surface area (Å²) in [5.41, 5.74) is -0.500. The predicted octanol–water partition coefficient (Wildman–Crippen LogP) is 2.49. The van der Waals surface area contributed by atoms with Crippen LogP contribution < -0.4 is 0 Å². The van der Waals surface area contributed by atoms with E-state index in [0.717, 1.165) is 19.3 Å². The molecule has 24 heavy (non-hydrogen) atoms. The van der Waals surface area contributed by atoms with Gasteiger partial charge in [-0.05, 0) is 58.3 Å². The van der Waals surface area contributed by atoms with E-state index in [9.17, 15) is 13.2 Å². The summed E-state index contributed by atoms with van der Waals surface area (Å²) in [7, 11) is -3.61. The molecule has 6 nitrogen and oxygen atoms in total. The molecule has 0 bridgehead atoms. The number of esters is 1. The summed E-state index contributed by atoms with van der Waals surface area (Å²) >= 11 is 0. The van der Waals surface area contributed by atoms with Crippen molar-refractivity contribution in [3.05, 3.63) is 0 Å². The maximum atomic E-state index is 12.7. The van der Waals surface area contributed by atoms with Gasteiger partial charge >= 0.3 is 16.3 Å². The van der Waals surface area contributed by atoms with Gasteiger partial charge in [0.15, 0.2) is 0 Å². The molecule has 0 N–H and O–H groups in total. The van der Waals surface area contributed by atoms with Gasteiger partial charge in [-0.2, -0.15) is 12.7 Å². The summed E-state index contributed by atoms with van der Waals surface area (Å²) in [6, 6.07) is -0.110. The first-order chi connectivity index (χ1) is 11.1. The van der Waals surface area contributed by atoms with Gasteiger partial charge in [0.2, 0.25) is 0 Å². The van der Waals surface area contributed by atoms with Crippen molar-refractivity contribution in [3.63, 3.8) is 0 Å². The Morgan fingerprint density at radius 2 is 1.92 bits per heavy atom. The van der Waals surface area contributed by atoms with Crippen LogP contribution in [0, 0.1) is 17.8 Å². The van der Waals surface area contributed by atoms with Gasteiger partial charge in [0.05, 0.1) is 18.1 Å². The Kier molecular flexibility index (Phi) is 4.73. The molecule has 0 aromatic heterocycles. The fraction of sp³-hybridized carbons (Fsp3) is 0.941. The molecule has 1 saturated carbocycles. The van der Waals surface area contributed by atoms with Crippen LogP contribution in [0.25, 0.3) is 0 Å². The molecule has 2 heterocycles. The standard InChI is InChI=1S/C17H29NO5S/c1-11-8-9-18-15-12(6-5-7-14(15)23-24(18,20)21)10-13(11)16(19)22-17(2,3)4/h11-15H,5-10H2,1-4H3/t11?,12-,13?,14-,15+/m0/s1. The van der Waals surface area contributed by atoms with E-state index in [2.05, 4.69) is 0 Å². The lowest BCUT2D eigenvalue weighted by atomic mass is 9.73. The average Bonchev–Trinajstić information content (AvgIpc) is 2.68. The predicted molar refractivity (Wildman–Crippen MR) is 89.4 cm³/mol. The Bertz CT molecular complexity index is 597. The molecule has 5 atom stereocenters. The van der Waals surface area contributed by atoms with Crippen molar-refractivity contribution in [2.75, 3.05) is 6.54 Å². The number of carbonyl (C=O) groups is 1. The van der Waals surface area contributed by atoms with Gasteiger partial charge < -0.3 is 4.74 Å². The third-order valence-electron chi connectivity index (χ3n) is 5.55. The molecule has 3 rings (SSSR count). The summed E-state index contributed by atoms with van der Waals surface area (Å²) in [5.74, 6) is -0.0518. The van der Waals surface area contributed by atoms with E-state index in [1.165, 1.54) is 0 Å². The second-order valence-electron chi connectivity index (χ2n) is 8.53. The molecular weight excluding hydrogens is 330 g/mol. The Labute approximate surface area is 145 Å². The van der Waals surface area contributed by atoms with Gasteiger partial charge in [0, 0.05) is 6.54 Å². The molecule has 0 spiro atoms. The first-order valence-corrected chi connectivity index (χ1v) is 10.4. The highest BCUT2D eigenvalue weighted by Crippen LogP contribution is 2.44. The zero-order valence-corrected chi connectivity index (χ0v) is 15.8.